The summed E-state index contributed by atoms with van der Waals surface area (Å²) < 4.78 is 2.75. The number of aromatic nitrogens is 2. The topological polar surface area (TPSA) is 72.9 Å². The molecule has 20 heavy (non-hydrogen) atoms. The number of nitrogens with two attached hydrogens (primary N) is 1. The Hall–Kier alpha value is -0.880. The molecule has 0 radical (unpaired) electrons. The monoisotopic (exact) mass is 342 g/mol. The average Bonchev–Trinajstić information content (AvgIpc) is 2.68. The van der Waals surface area contributed by atoms with Crippen LogP contribution in [0.25, 0.3) is 0 Å². The van der Waals surface area contributed by atoms with Gasteiger partial charge in [0, 0.05) is 12.1 Å². The van der Waals surface area contributed by atoms with E-state index in [9.17, 15) is 4.79 Å². The van der Waals surface area contributed by atoms with Crippen LogP contribution in [0, 0.1) is 13.8 Å². The molecule has 0 saturated heterocycles. The number of halogens is 1. The number of aryl methyl sites for hydroxylation is 1. The summed E-state index contributed by atoms with van der Waals surface area (Å²) in [5, 5.41) is 7.55. The summed E-state index contributed by atoms with van der Waals surface area (Å²) in [6.07, 6.45) is 3.93. The Morgan fingerprint density at radius 1 is 1.40 bits per heavy atom. The SMILES string of the molecule is Cc1nn(C(C)C(=O)N[C@H]2CC[C@H](N)CC2)c(C)c1Br. The second-order valence-corrected chi connectivity index (χ2v) is 6.52. The third-order valence-corrected chi connectivity index (χ3v) is 5.25. The van der Waals surface area contributed by atoms with Crippen LogP contribution in [-0.4, -0.2) is 27.8 Å². The van der Waals surface area contributed by atoms with Crippen molar-refractivity contribution in [2.75, 3.05) is 0 Å². The van der Waals surface area contributed by atoms with E-state index in [1.807, 2.05) is 20.8 Å². The van der Waals surface area contributed by atoms with Gasteiger partial charge < -0.3 is 11.1 Å². The van der Waals surface area contributed by atoms with Gasteiger partial charge in [-0.2, -0.15) is 5.10 Å². The highest BCUT2D eigenvalue weighted by Gasteiger charge is 2.25. The molecule has 1 aromatic rings. The van der Waals surface area contributed by atoms with Gasteiger partial charge in [0.15, 0.2) is 0 Å². The van der Waals surface area contributed by atoms with E-state index in [-0.39, 0.29) is 18.0 Å². The molecule has 1 atom stereocenters. The molecule has 0 aliphatic heterocycles. The van der Waals surface area contributed by atoms with E-state index in [1.165, 1.54) is 0 Å². The molecule has 1 unspecified atom stereocenters. The molecule has 0 spiro atoms. The fourth-order valence-corrected chi connectivity index (χ4v) is 2.98. The number of nitrogens with one attached hydrogen (secondary N) is 1. The van der Waals surface area contributed by atoms with Gasteiger partial charge in [-0.15, -0.1) is 0 Å². The van der Waals surface area contributed by atoms with Crippen molar-refractivity contribution in [3.63, 3.8) is 0 Å². The number of hydrogen-bond acceptors (Lipinski definition) is 3. The summed E-state index contributed by atoms with van der Waals surface area (Å²) in [6.45, 7) is 5.78. The van der Waals surface area contributed by atoms with Crippen LogP contribution in [-0.2, 0) is 4.79 Å². The molecule has 0 aromatic carbocycles. The third-order valence-electron chi connectivity index (χ3n) is 4.10. The van der Waals surface area contributed by atoms with Crippen LogP contribution >= 0.6 is 15.9 Å². The Kier molecular flexibility index (Phi) is 4.86. The minimum Gasteiger partial charge on any atom is -0.352 e. The lowest BCUT2D eigenvalue weighted by Gasteiger charge is -2.28. The largest absolute Gasteiger partial charge is 0.352 e. The van der Waals surface area contributed by atoms with Crippen molar-refractivity contribution in [1.29, 1.82) is 0 Å². The zero-order valence-corrected chi connectivity index (χ0v) is 13.9. The highest BCUT2D eigenvalue weighted by Crippen LogP contribution is 2.23. The molecule has 3 N–H and O–H groups in total. The number of carbonyl (C=O) groups excluding carboxylic acids is 1. The third kappa shape index (κ3) is 3.23. The van der Waals surface area contributed by atoms with Gasteiger partial charge in [-0.3, -0.25) is 9.48 Å². The fraction of sp³-hybridized carbons (Fsp3) is 0.714. The Morgan fingerprint density at radius 2 is 2.00 bits per heavy atom. The number of carbonyl (C=O) groups is 1. The minimum atomic E-state index is -0.296. The maximum atomic E-state index is 12.3. The van der Waals surface area contributed by atoms with Gasteiger partial charge in [0.2, 0.25) is 5.91 Å². The van der Waals surface area contributed by atoms with E-state index in [1.54, 1.807) is 4.68 Å². The van der Waals surface area contributed by atoms with E-state index >= 15 is 0 Å². The summed E-state index contributed by atoms with van der Waals surface area (Å²) >= 11 is 3.49. The van der Waals surface area contributed by atoms with Crippen LogP contribution in [0.5, 0.6) is 0 Å². The summed E-state index contributed by atoms with van der Waals surface area (Å²) in [4.78, 5) is 12.3. The van der Waals surface area contributed by atoms with Gasteiger partial charge in [0.1, 0.15) is 6.04 Å². The van der Waals surface area contributed by atoms with Crippen LogP contribution in [0.3, 0.4) is 0 Å². The van der Waals surface area contributed by atoms with Crippen molar-refractivity contribution in [3.8, 4) is 0 Å². The van der Waals surface area contributed by atoms with Gasteiger partial charge in [-0.1, -0.05) is 0 Å². The zero-order valence-electron chi connectivity index (χ0n) is 12.3. The number of nitrogens with zero attached hydrogens (tertiary/aromatic N) is 2. The number of hydrogen-bond donors (Lipinski definition) is 2. The molecule has 112 valence electrons. The quantitative estimate of drug-likeness (QED) is 0.884. The number of amides is 1. The lowest BCUT2D eigenvalue weighted by molar-refractivity contribution is -0.125. The molecule has 1 saturated carbocycles. The zero-order chi connectivity index (χ0) is 14.9. The van der Waals surface area contributed by atoms with Crippen LogP contribution in [0.2, 0.25) is 0 Å². The van der Waals surface area contributed by atoms with Crippen molar-refractivity contribution in [2.24, 2.45) is 5.73 Å². The smallest absolute Gasteiger partial charge is 0.244 e. The first kappa shape index (κ1) is 15.5. The van der Waals surface area contributed by atoms with Gasteiger partial charge in [-0.05, 0) is 62.4 Å². The lowest BCUT2D eigenvalue weighted by Crippen LogP contribution is -2.43. The van der Waals surface area contributed by atoms with Gasteiger partial charge in [-0.25, -0.2) is 0 Å². The Morgan fingerprint density at radius 3 is 2.50 bits per heavy atom. The maximum Gasteiger partial charge on any atom is 0.244 e. The second kappa shape index (κ2) is 6.26. The van der Waals surface area contributed by atoms with E-state index in [2.05, 4.69) is 26.3 Å². The molecule has 1 fully saturated rings. The fourth-order valence-electron chi connectivity index (χ4n) is 2.72. The van der Waals surface area contributed by atoms with Crippen molar-refractivity contribution < 1.29 is 4.79 Å². The maximum absolute atomic E-state index is 12.3. The summed E-state index contributed by atoms with van der Waals surface area (Å²) in [5.74, 6) is 0.0311. The van der Waals surface area contributed by atoms with Crippen LogP contribution < -0.4 is 11.1 Å². The van der Waals surface area contributed by atoms with Crippen LogP contribution in [0.4, 0.5) is 0 Å². The molecule has 0 bridgehead atoms. The molecule has 6 heteroatoms. The van der Waals surface area contributed by atoms with Crippen LogP contribution in [0.15, 0.2) is 4.47 Å². The molecule has 1 amide bonds. The van der Waals surface area contributed by atoms with Gasteiger partial charge in [0.05, 0.1) is 15.9 Å². The first-order valence-electron chi connectivity index (χ1n) is 7.17. The van der Waals surface area contributed by atoms with Gasteiger partial charge in [0.25, 0.3) is 0 Å². The first-order valence-corrected chi connectivity index (χ1v) is 7.96. The van der Waals surface area contributed by atoms with Crippen molar-refractivity contribution in [1.82, 2.24) is 15.1 Å². The predicted molar refractivity (Wildman–Crippen MR) is 82.5 cm³/mol. The first-order chi connectivity index (χ1) is 9.40. The van der Waals surface area contributed by atoms with E-state index in [4.69, 9.17) is 5.73 Å². The summed E-state index contributed by atoms with van der Waals surface area (Å²) in [7, 11) is 0. The molecular weight excluding hydrogens is 320 g/mol. The average molecular weight is 343 g/mol. The second-order valence-electron chi connectivity index (χ2n) is 5.73. The van der Waals surface area contributed by atoms with Crippen molar-refractivity contribution >= 4 is 21.8 Å². The normalized spacial score (nSPS) is 24.4. The lowest BCUT2D eigenvalue weighted by atomic mass is 9.91. The highest BCUT2D eigenvalue weighted by molar-refractivity contribution is 9.10. The molecular formula is C14H23BrN4O. The molecule has 1 heterocycles. The summed E-state index contributed by atoms with van der Waals surface area (Å²) in [5.41, 5.74) is 7.78. The molecule has 1 aliphatic rings. The van der Waals surface area contributed by atoms with Gasteiger partial charge >= 0.3 is 0 Å². The Balaban J connectivity index is 2.00. The van der Waals surface area contributed by atoms with Crippen LogP contribution in [0.1, 0.15) is 50.0 Å². The minimum absolute atomic E-state index is 0.0311. The van der Waals surface area contributed by atoms with Crippen molar-refractivity contribution in [3.05, 3.63) is 15.9 Å². The Labute approximate surface area is 128 Å². The number of rotatable bonds is 3. The molecule has 2 rings (SSSR count). The summed E-state index contributed by atoms with van der Waals surface area (Å²) in [6, 6.07) is 0.258. The van der Waals surface area contributed by atoms with E-state index < -0.39 is 0 Å². The molecule has 5 nitrogen and oxygen atoms in total. The highest BCUT2D eigenvalue weighted by atomic mass is 79.9. The molecule has 1 aromatic heterocycles. The molecule has 1 aliphatic carbocycles. The predicted octanol–water partition coefficient (Wildman–Crippen LogP) is 2.21. The van der Waals surface area contributed by atoms with E-state index in [0.29, 0.717) is 6.04 Å². The van der Waals surface area contributed by atoms with Crippen molar-refractivity contribution in [2.45, 2.75) is 64.6 Å². The van der Waals surface area contributed by atoms with E-state index in [0.717, 1.165) is 41.5 Å². The Bertz CT molecular complexity index is 492. The standard InChI is InChI=1S/C14H23BrN4O/c1-8-13(15)9(2)19(18-8)10(3)14(20)17-12-6-4-11(16)5-7-12/h10-12H,4-7,16H2,1-3H3,(H,17,20)/t10?,11-,12-.